The Morgan fingerprint density at radius 3 is 2.19 bits per heavy atom. The van der Waals surface area contributed by atoms with Crippen molar-refractivity contribution in [2.45, 2.75) is 39.5 Å². The molecule has 0 aliphatic carbocycles. The number of hydrogen-bond donors (Lipinski definition) is 0. The van der Waals surface area contributed by atoms with Crippen LogP contribution >= 0.6 is 11.7 Å². The van der Waals surface area contributed by atoms with Crippen molar-refractivity contribution in [1.82, 2.24) is 4.37 Å². The molecule has 0 unspecified atom stereocenters. The normalized spacial score (nSPS) is 11.9. The Hall–Kier alpha value is -0.960. The topological polar surface area (TPSA) is 16.8 Å². The highest BCUT2D eigenvalue weighted by atomic mass is 32.1. The van der Waals surface area contributed by atoms with E-state index in [1.165, 1.54) is 22.2 Å². The van der Waals surface area contributed by atoms with E-state index in [1.54, 1.807) is 11.7 Å². The van der Waals surface area contributed by atoms with Crippen molar-refractivity contribution in [2.75, 3.05) is 0 Å². The summed E-state index contributed by atoms with van der Waals surface area (Å²) in [4.78, 5) is 0. The van der Waals surface area contributed by atoms with Crippen molar-refractivity contribution in [2.24, 2.45) is 7.05 Å². The summed E-state index contributed by atoms with van der Waals surface area (Å²) < 4.78 is 6.76. The SMILES string of the molecule is CC(C)c1ccc(C(C)C)c2c1ns[n+]2C. The molecule has 0 radical (unpaired) electrons. The molecule has 0 N–H and O–H groups in total. The molecule has 3 heteroatoms. The predicted octanol–water partition coefficient (Wildman–Crippen LogP) is 3.37. The van der Waals surface area contributed by atoms with Gasteiger partial charge in [-0.2, -0.15) is 3.96 Å². The van der Waals surface area contributed by atoms with Crippen molar-refractivity contribution in [1.29, 1.82) is 0 Å². The van der Waals surface area contributed by atoms with Gasteiger partial charge in [-0.3, -0.25) is 0 Å². The molecule has 0 amide bonds. The summed E-state index contributed by atoms with van der Waals surface area (Å²) >= 11 is 1.55. The van der Waals surface area contributed by atoms with Crippen LogP contribution in [0.5, 0.6) is 0 Å². The molecule has 1 heterocycles. The van der Waals surface area contributed by atoms with E-state index in [1.807, 2.05) is 0 Å². The fourth-order valence-corrected chi connectivity index (χ4v) is 2.78. The number of hydrogen-bond acceptors (Lipinski definition) is 2. The quantitative estimate of drug-likeness (QED) is 0.729. The predicted molar refractivity (Wildman–Crippen MR) is 69.0 cm³/mol. The zero-order chi connectivity index (χ0) is 11.9. The van der Waals surface area contributed by atoms with Gasteiger partial charge in [-0.1, -0.05) is 39.8 Å². The average Bonchev–Trinajstić information content (AvgIpc) is 2.59. The van der Waals surface area contributed by atoms with E-state index in [4.69, 9.17) is 0 Å². The maximum atomic E-state index is 4.59. The molecule has 2 rings (SSSR count). The Morgan fingerprint density at radius 2 is 1.62 bits per heavy atom. The molecule has 0 saturated carbocycles. The molecule has 86 valence electrons. The second-order valence-electron chi connectivity index (χ2n) is 4.92. The zero-order valence-corrected chi connectivity index (χ0v) is 11.4. The van der Waals surface area contributed by atoms with Crippen molar-refractivity contribution < 1.29 is 3.96 Å². The van der Waals surface area contributed by atoms with Gasteiger partial charge in [0.15, 0.2) is 5.52 Å². The van der Waals surface area contributed by atoms with Crippen LogP contribution in [0.2, 0.25) is 0 Å². The Morgan fingerprint density at radius 1 is 1.06 bits per heavy atom. The molecule has 1 aromatic carbocycles. The largest absolute Gasteiger partial charge is 0.277 e. The summed E-state index contributed by atoms with van der Waals surface area (Å²) in [7, 11) is 2.09. The lowest BCUT2D eigenvalue weighted by molar-refractivity contribution is -0.573. The fourth-order valence-electron chi connectivity index (χ4n) is 2.11. The maximum Gasteiger partial charge on any atom is 0.277 e. The smallest absolute Gasteiger partial charge is 0.171 e. The van der Waals surface area contributed by atoms with Gasteiger partial charge in [0.1, 0.15) is 0 Å². The van der Waals surface area contributed by atoms with Crippen molar-refractivity contribution >= 4 is 22.8 Å². The van der Waals surface area contributed by atoms with E-state index >= 15 is 0 Å². The number of nitrogens with zero attached hydrogens (tertiary/aromatic N) is 2. The Bertz CT molecular complexity index is 512. The van der Waals surface area contributed by atoms with E-state index in [0.29, 0.717) is 11.8 Å². The lowest BCUT2D eigenvalue weighted by Gasteiger charge is -2.08. The number of fused-ring (bicyclic) bond motifs is 1. The number of aryl methyl sites for hydroxylation is 1. The molecule has 16 heavy (non-hydrogen) atoms. The Labute approximate surface area is 101 Å². The molecule has 1 aromatic heterocycles. The maximum absolute atomic E-state index is 4.59. The zero-order valence-electron chi connectivity index (χ0n) is 10.6. The van der Waals surface area contributed by atoms with Crippen molar-refractivity contribution in [3.05, 3.63) is 23.3 Å². The minimum Gasteiger partial charge on any atom is -0.171 e. The van der Waals surface area contributed by atoms with Crippen LogP contribution in [0.15, 0.2) is 12.1 Å². The third-order valence-electron chi connectivity index (χ3n) is 3.03. The Kier molecular flexibility index (Phi) is 2.98. The second-order valence-corrected chi connectivity index (χ2v) is 5.81. The lowest BCUT2D eigenvalue weighted by Crippen LogP contribution is -2.23. The summed E-state index contributed by atoms with van der Waals surface area (Å²) in [5.41, 5.74) is 5.26. The molecule has 0 spiro atoms. The third kappa shape index (κ3) is 1.73. The van der Waals surface area contributed by atoms with Crippen LogP contribution in [-0.4, -0.2) is 4.37 Å². The molecule has 2 nitrogen and oxygen atoms in total. The standard InChI is InChI=1S/C13H19N2S/c1-8(2)10-6-7-11(9(3)4)13-12(10)14-16-15(13)5/h6-9H,1-5H3/q+1. The van der Waals surface area contributed by atoms with Gasteiger partial charge in [0.25, 0.3) is 11.7 Å². The van der Waals surface area contributed by atoms with Crippen LogP contribution in [0, 0.1) is 0 Å². The molecule has 0 saturated heterocycles. The minimum absolute atomic E-state index is 0.533. The number of aromatic nitrogens is 2. The first-order valence-electron chi connectivity index (χ1n) is 5.81. The van der Waals surface area contributed by atoms with Gasteiger partial charge in [0, 0.05) is 15.5 Å². The number of benzene rings is 1. The van der Waals surface area contributed by atoms with Gasteiger partial charge in [-0.25, -0.2) is 0 Å². The average molecular weight is 235 g/mol. The summed E-state index contributed by atoms with van der Waals surface area (Å²) in [6, 6.07) is 4.50. The molecule has 0 aliphatic heterocycles. The molecule has 0 aliphatic rings. The summed E-state index contributed by atoms with van der Waals surface area (Å²) in [6.45, 7) is 8.93. The second kappa shape index (κ2) is 4.13. The van der Waals surface area contributed by atoms with Gasteiger partial charge in [-0.15, -0.1) is 0 Å². The molecule has 0 bridgehead atoms. The monoisotopic (exact) mass is 235 g/mol. The number of rotatable bonds is 2. The van der Waals surface area contributed by atoms with E-state index in [-0.39, 0.29) is 0 Å². The van der Waals surface area contributed by atoms with E-state index in [0.717, 1.165) is 0 Å². The summed E-state index contributed by atoms with van der Waals surface area (Å²) in [5, 5.41) is 0. The van der Waals surface area contributed by atoms with Gasteiger partial charge >= 0.3 is 0 Å². The molecule has 2 aromatic rings. The van der Waals surface area contributed by atoms with E-state index < -0.39 is 0 Å². The van der Waals surface area contributed by atoms with Gasteiger partial charge < -0.3 is 0 Å². The van der Waals surface area contributed by atoms with Crippen LogP contribution in [0.3, 0.4) is 0 Å². The van der Waals surface area contributed by atoms with Crippen LogP contribution in [0.25, 0.3) is 11.0 Å². The Balaban J connectivity index is 2.79. The molecular weight excluding hydrogens is 216 g/mol. The summed E-state index contributed by atoms with van der Waals surface area (Å²) in [5.74, 6) is 1.08. The fraction of sp³-hybridized carbons (Fsp3) is 0.538. The highest BCUT2D eigenvalue weighted by Crippen LogP contribution is 2.29. The highest BCUT2D eigenvalue weighted by Gasteiger charge is 2.22. The molecular formula is C13H19N2S+. The van der Waals surface area contributed by atoms with E-state index in [9.17, 15) is 0 Å². The van der Waals surface area contributed by atoms with Gasteiger partial charge in [0.05, 0.1) is 7.05 Å². The molecule has 0 fully saturated rings. The van der Waals surface area contributed by atoms with Crippen LogP contribution in [0.4, 0.5) is 0 Å². The molecule has 0 atom stereocenters. The first-order chi connectivity index (χ1) is 7.52. The van der Waals surface area contributed by atoms with Crippen LogP contribution < -0.4 is 3.96 Å². The lowest BCUT2D eigenvalue weighted by atomic mass is 9.95. The summed E-state index contributed by atoms with van der Waals surface area (Å²) in [6.07, 6.45) is 0. The van der Waals surface area contributed by atoms with E-state index in [2.05, 4.69) is 55.2 Å². The van der Waals surface area contributed by atoms with Crippen molar-refractivity contribution in [3.8, 4) is 0 Å². The third-order valence-corrected chi connectivity index (χ3v) is 3.72. The van der Waals surface area contributed by atoms with Crippen molar-refractivity contribution in [3.63, 3.8) is 0 Å². The van der Waals surface area contributed by atoms with Gasteiger partial charge in [0.2, 0.25) is 5.52 Å². The van der Waals surface area contributed by atoms with Crippen LogP contribution in [-0.2, 0) is 7.05 Å². The van der Waals surface area contributed by atoms with Gasteiger partial charge in [-0.05, 0) is 11.8 Å². The minimum atomic E-state index is 0.533. The first kappa shape index (κ1) is 11.5. The van der Waals surface area contributed by atoms with Crippen LogP contribution in [0.1, 0.15) is 50.7 Å². The highest BCUT2D eigenvalue weighted by molar-refractivity contribution is 6.95. The first-order valence-corrected chi connectivity index (χ1v) is 6.54.